The topological polar surface area (TPSA) is 21.3 Å². The van der Waals surface area contributed by atoms with Gasteiger partial charge in [0.1, 0.15) is 0 Å². The van der Waals surface area contributed by atoms with Crippen molar-refractivity contribution < 1.29 is 4.74 Å². The summed E-state index contributed by atoms with van der Waals surface area (Å²) >= 11 is 2.08. The highest BCUT2D eigenvalue weighted by Gasteiger charge is 2.05. The third-order valence-electron chi connectivity index (χ3n) is 2.30. The Bertz CT molecular complexity index is 120. The van der Waals surface area contributed by atoms with Gasteiger partial charge in [0.05, 0.1) is 6.61 Å². The smallest absolute Gasteiger partial charge is 0.0587 e. The summed E-state index contributed by atoms with van der Waals surface area (Å²) in [6, 6.07) is 0. The maximum Gasteiger partial charge on any atom is 0.0587 e. The third kappa shape index (κ3) is 8.85. The molecule has 0 bridgehead atoms. The van der Waals surface area contributed by atoms with Gasteiger partial charge in [-0.3, -0.25) is 0 Å². The van der Waals surface area contributed by atoms with Gasteiger partial charge in [-0.25, -0.2) is 0 Å². The van der Waals surface area contributed by atoms with Gasteiger partial charge < -0.3 is 10.1 Å². The molecule has 0 aliphatic rings. The molecule has 2 nitrogen and oxygen atoms in total. The second-order valence-corrected chi connectivity index (χ2v) is 5.40. The summed E-state index contributed by atoms with van der Waals surface area (Å²) in [4.78, 5) is 0. The fraction of sp³-hybridized carbons (Fsp3) is 1.00. The molecule has 3 heteroatoms. The minimum atomic E-state index is 0.786. The summed E-state index contributed by atoms with van der Waals surface area (Å²) in [5.41, 5.74) is 0. The van der Waals surface area contributed by atoms with Crippen LogP contribution in [0, 0.1) is 5.92 Å². The Labute approximate surface area is 93.2 Å². The zero-order valence-electron chi connectivity index (χ0n) is 10.0. The van der Waals surface area contributed by atoms with Crippen LogP contribution in [0.2, 0.25) is 0 Å². The van der Waals surface area contributed by atoms with Crippen LogP contribution in [0.5, 0.6) is 0 Å². The van der Waals surface area contributed by atoms with E-state index in [2.05, 4.69) is 37.8 Å². The van der Waals surface area contributed by atoms with Crippen molar-refractivity contribution >= 4 is 11.8 Å². The molecule has 86 valence electrons. The molecule has 0 amide bonds. The van der Waals surface area contributed by atoms with Gasteiger partial charge in [0.15, 0.2) is 0 Å². The molecule has 1 unspecified atom stereocenters. The molecule has 0 aliphatic heterocycles. The average Bonchev–Trinajstić information content (AvgIpc) is 2.16. The molecule has 0 saturated carbocycles. The third-order valence-corrected chi connectivity index (χ3v) is 3.89. The van der Waals surface area contributed by atoms with Gasteiger partial charge in [0.25, 0.3) is 0 Å². The second kappa shape index (κ2) is 9.81. The van der Waals surface area contributed by atoms with E-state index in [-0.39, 0.29) is 0 Å². The Hall–Kier alpha value is 0.270. The maximum atomic E-state index is 4.95. The van der Waals surface area contributed by atoms with Crippen LogP contribution in [0.3, 0.4) is 0 Å². The van der Waals surface area contributed by atoms with E-state index in [1.165, 1.54) is 12.2 Å². The fourth-order valence-electron chi connectivity index (χ4n) is 0.958. The lowest BCUT2D eigenvalue weighted by Gasteiger charge is -2.14. The van der Waals surface area contributed by atoms with Gasteiger partial charge in [-0.2, -0.15) is 11.8 Å². The summed E-state index contributed by atoms with van der Waals surface area (Å²) in [5, 5.41) is 4.14. The van der Waals surface area contributed by atoms with Gasteiger partial charge >= 0.3 is 0 Å². The van der Waals surface area contributed by atoms with Gasteiger partial charge in [-0.15, -0.1) is 0 Å². The highest BCUT2D eigenvalue weighted by Crippen LogP contribution is 2.18. The van der Waals surface area contributed by atoms with Crippen LogP contribution in [-0.2, 0) is 4.74 Å². The molecule has 0 aromatic heterocycles. The van der Waals surface area contributed by atoms with Gasteiger partial charge in [-0.1, -0.05) is 20.8 Å². The number of nitrogens with one attached hydrogen (secondary N) is 1. The average molecular weight is 219 g/mol. The van der Waals surface area contributed by atoms with Crippen molar-refractivity contribution in [3.63, 3.8) is 0 Å². The lowest BCUT2D eigenvalue weighted by atomic mass is 10.2. The molecule has 0 spiro atoms. The Morgan fingerprint density at radius 2 is 1.93 bits per heavy atom. The molecular formula is C11H25NOS. The normalized spacial score (nSPS) is 13.5. The molecule has 1 N–H and O–H groups in total. The quantitative estimate of drug-likeness (QED) is 0.602. The first-order chi connectivity index (χ1) is 6.68. The van der Waals surface area contributed by atoms with Crippen molar-refractivity contribution in [2.75, 3.05) is 32.6 Å². The summed E-state index contributed by atoms with van der Waals surface area (Å²) in [5.74, 6) is 2.06. The summed E-state index contributed by atoms with van der Waals surface area (Å²) in [7, 11) is 1.74. The van der Waals surface area contributed by atoms with Crippen LogP contribution in [-0.4, -0.2) is 37.8 Å². The van der Waals surface area contributed by atoms with E-state index in [0.717, 1.165) is 30.9 Å². The maximum absolute atomic E-state index is 4.95. The molecule has 0 fully saturated rings. The van der Waals surface area contributed by atoms with Crippen molar-refractivity contribution in [2.45, 2.75) is 32.4 Å². The Morgan fingerprint density at radius 3 is 2.50 bits per heavy atom. The van der Waals surface area contributed by atoms with Crippen molar-refractivity contribution in [1.82, 2.24) is 5.32 Å². The molecule has 0 aromatic rings. The molecule has 0 saturated heterocycles. The zero-order valence-corrected chi connectivity index (χ0v) is 10.8. The van der Waals surface area contributed by atoms with E-state index >= 15 is 0 Å². The Kier molecular flexibility index (Phi) is 10.0. The first-order valence-electron chi connectivity index (χ1n) is 5.49. The lowest BCUT2D eigenvalue weighted by molar-refractivity contribution is 0.199. The van der Waals surface area contributed by atoms with Crippen molar-refractivity contribution in [3.05, 3.63) is 0 Å². The Balaban J connectivity index is 3.06. The van der Waals surface area contributed by atoms with Crippen LogP contribution in [0.4, 0.5) is 0 Å². The fourth-order valence-corrected chi connectivity index (χ4v) is 2.03. The number of hydrogen-bond acceptors (Lipinski definition) is 3. The predicted molar refractivity (Wildman–Crippen MR) is 66.1 cm³/mol. The predicted octanol–water partition coefficient (Wildman–Crippen LogP) is 2.39. The number of hydrogen-bond donors (Lipinski definition) is 1. The number of methoxy groups -OCH3 is 1. The summed E-state index contributed by atoms with van der Waals surface area (Å²) in [6.45, 7) is 9.79. The van der Waals surface area contributed by atoms with Gasteiger partial charge in [-0.05, 0) is 24.6 Å². The van der Waals surface area contributed by atoms with E-state index < -0.39 is 0 Å². The largest absolute Gasteiger partial charge is 0.383 e. The van der Waals surface area contributed by atoms with E-state index in [4.69, 9.17) is 4.74 Å². The Morgan fingerprint density at radius 1 is 1.21 bits per heavy atom. The molecule has 0 aliphatic carbocycles. The van der Waals surface area contributed by atoms with Crippen LogP contribution >= 0.6 is 11.8 Å². The minimum Gasteiger partial charge on any atom is -0.383 e. The van der Waals surface area contributed by atoms with E-state index in [0.29, 0.717) is 0 Å². The number of ether oxygens (including phenoxy) is 1. The van der Waals surface area contributed by atoms with E-state index in [1.807, 2.05) is 0 Å². The van der Waals surface area contributed by atoms with Gasteiger partial charge in [0.2, 0.25) is 0 Å². The first-order valence-corrected chi connectivity index (χ1v) is 6.54. The SMILES string of the molecule is COCCNCCCSC(C)C(C)C. The molecule has 0 heterocycles. The molecule has 0 radical (unpaired) electrons. The van der Waals surface area contributed by atoms with Crippen LogP contribution in [0.25, 0.3) is 0 Å². The van der Waals surface area contributed by atoms with E-state index in [9.17, 15) is 0 Å². The van der Waals surface area contributed by atoms with Crippen molar-refractivity contribution in [3.8, 4) is 0 Å². The van der Waals surface area contributed by atoms with Crippen LogP contribution in [0.15, 0.2) is 0 Å². The number of thioether (sulfide) groups is 1. The molecule has 1 atom stereocenters. The van der Waals surface area contributed by atoms with E-state index in [1.54, 1.807) is 7.11 Å². The highest BCUT2D eigenvalue weighted by atomic mass is 32.2. The molecule has 0 rings (SSSR count). The summed E-state index contributed by atoms with van der Waals surface area (Å²) < 4.78 is 4.95. The molecule has 0 aromatic carbocycles. The lowest BCUT2D eigenvalue weighted by Crippen LogP contribution is -2.21. The van der Waals surface area contributed by atoms with Gasteiger partial charge in [0, 0.05) is 18.9 Å². The first kappa shape index (κ1) is 14.3. The number of rotatable bonds is 9. The minimum absolute atomic E-state index is 0.786. The molecule has 14 heavy (non-hydrogen) atoms. The zero-order chi connectivity index (χ0) is 10.8. The standard InChI is InChI=1S/C11H25NOS/c1-10(2)11(3)14-9-5-6-12-7-8-13-4/h10-12H,5-9H2,1-4H3. The van der Waals surface area contributed by atoms with Crippen molar-refractivity contribution in [1.29, 1.82) is 0 Å². The van der Waals surface area contributed by atoms with Crippen molar-refractivity contribution in [2.24, 2.45) is 5.92 Å². The second-order valence-electron chi connectivity index (χ2n) is 3.92. The monoisotopic (exact) mass is 219 g/mol. The summed E-state index contributed by atoms with van der Waals surface area (Å²) in [6.07, 6.45) is 1.26. The van der Waals surface area contributed by atoms with Crippen LogP contribution in [0.1, 0.15) is 27.2 Å². The van der Waals surface area contributed by atoms with Crippen LogP contribution < -0.4 is 5.32 Å². The highest BCUT2D eigenvalue weighted by molar-refractivity contribution is 7.99. The molecular weight excluding hydrogens is 194 g/mol.